The highest BCUT2D eigenvalue weighted by Crippen LogP contribution is 2.27. The molecule has 0 saturated carbocycles. The second kappa shape index (κ2) is 6.98. The van der Waals surface area contributed by atoms with Crippen LogP contribution in [-0.2, 0) is 27.9 Å². The zero-order chi connectivity index (χ0) is 18.1. The molecule has 0 bridgehead atoms. The summed E-state index contributed by atoms with van der Waals surface area (Å²) in [6.45, 7) is 6.74. The highest BCUT2D eigenvalue weighted by atomic mass is 16.5. The number of hydrogen-bond donors (Lipinski definition) is 1. The molecule has 1 amide bonds. The molecular weight excluding hydrogens is 332 g/mol. The molecule has 0 unspecified atom stereocenters. The largest absolute Gasteiger partial charge is 0.379 e. The van der Waals surface area contributed by atoms with Crippen molar-refractivity contribution in [1.82, 2.24) is 14.5 Å². The number of ether oxygens (including phenoxy) is 2. The van der Waals surface area contributed by atoms with E-state index in [1.54, 1.807) is 0 Å². The predicted molar refractivity (Wildman–Crippen MR) is 99.0 cm³/mol. The van der Waals surface area contributed by atoms with E-state index in [1.165, 1.54) is 0 Å². The first-order valence-electron chi connectivity index (χ1n) is 9.26. The molecule has 1 N–H and O–H groups in total. The van der Waals surface area contributed by atoms with Crippen LogP contribution >= 0.6 is 0 Å². The molecule has 2 aliphatic heterocycles. The SMILES string of the molecule is Cn1c(CN2CCOCC2)nc2cc(NC(=O)[C@]3(C)CCCO3)ccc21. The maximum Gasteiger partial charge on any atom is 0.256 e. The van der Waals surface area contributed by atoms with Crippen LogP contribution in [0.5, 0.6) is 0 Å². The van der Waals surface area contributed by atoms with Gasteiger partial charge in [-0.1, -0.05) is 0 Å². The van der Waals surface area contributed by atoms with Crippen LogP contribution in [0.15, 0.2) is 18.2 Å². The van der Waals surface area contributed by atoms with Gasteiger partial charge in [0, 0.05) is 32.4 Å². The number of fused-ring (bicyclic) bond motifs is 1. The summed E-state index contributed by atoms with van der Waals surface area (Å²) < 4.78 is 13.2. The van der Waals surface area contributed by atoms with Crippen molar-refractivity contribution in [2.45, 2.75) is 31.9 Å². The minimum Gasteiger partial charge on any atom is -0.379 e. The molecule has 7 heteroatoms. The van der Waals surface area contributed by atoms with Crippen LogP contribution in [0, 0.1) is 0 Å². The number of amides is 1. The van der Waals surface area contributed by atoms with Gasteiger partial charge in [0.1, 0.15) is 11.4 Å². The quantitative estimate of drug-likeness (QED) is 0.904. The molecule has 1 atom stereocenters. The highest BCUT2D eigenvalue weighted by Gasteiger charge is 2.37. The van der Waals surface area contributed by atoms with E-state index in [0.29, 0.717) is 6.61 Å². The van der Waals surface area contributed by atoms with E-state index in [2.05, 4.69) is 14.8 Å². The summed E-state index contributed by atoms with van der Waals surface area (Å²) in [4.78, 5) is 19.7. The third kappa shape index (κ3) is 3.34. The second-order valence-corrected chi connectivity index (χ2v) is 7.32. The van der Waals surface area contributed by atoms with Gasteiger partial charge in [0.15, 0.2) is 0 Å². The van der Waals surface area contributed by atoms with Gasteiger partial charge in [0.25, 0.3) is 5.91 Å². The third-order valence-corrected chi connectivity index (χ3v) is 5.40. The number of aryl methyl sites for hydroxylation is 1. The van der Waals surface area contributed by atoms with Crippen molar-refractivity contribution < 1.29 is 14.3 Å². The number of carbonyl (C=O) groups is 1. The molecule has 26 heavy (non-hydrogen) atoms. The first-order valence-corrected chi connectivity index (χ1v) is 9.26. The minimum absolute atomic E-state index is 0.0844. The van der Waals surface area contributed by atoms with Crippen LogP contribution in [0.2, 0.25) is 0 Å². The van der Waals surface area contributed by atoms with Crippen LogP contribution in [0.25, 0.3) is 11.0 Å². The van der Waals surface area contributed by atoms with Crippen LogP contribution in [-0.4, -0.2) is 58.9 Å². The monoisotopic (exact) mass is 358 g/mol. The molecule has 1 aromatic heterocycles. The van der Waals surface area contributed by atoms with E-state index in [-0.39, 0.29) is 5.91 Å². The molecule has 0 spiro atoms. The van der Waals surface area contributed by atoms with Gasteiger partial charge >= 0.3 is 0 Å². The Morgan fingerprint density at radius 2 is 2.12 bits per heavy atom. The first kappa shape index (κ1) is 17.5. The lowest BCUT2D eigenvalue weighted by atomic mass is 10.0. The normalized spacial score (nSPS) is 24.2. The summed E-state index contributed by atoms with van der Waals surface area (Å²) in [6, 6.07) is 5.88. The molecule has 1 aromatic carbocycles. The van der Waals surface area contributed by atoms with Crippen LogP contribution in [0.3, 0.4) is 0 Å². The lowest BCUT2D eigenvalue weighted by molar-refractivity contribution is -0.133. The number of morpholine rings is 1. The summed E-state index contributed by atoms with van der Waals surface area (Å²) >= 11 is 0. The topological polar surface area (TPSA) is 68.6 Å². The van der Waals surface area contributed by atoms with Gasteiger partial charge in [-0.15, -0.1) is 0 Å². The van der Waals surface area contributed by atoms with E-state index in [0.717, 1.165) is 68.2 Å². The average molecular weight is 358 g/mol. The van der Waals surface area contributed by atoms with Crippen molar-refractivity contribution in [2.75, 3.05) is 38.2 Å². The number of benzene rings is 1. The summed E-state index contributed by atoms with van der Waals surface area (Å²) in [5.41, 5.74) is 2.00. The number of carbonyl (C=O) groups excluding carboxylic acids is 1. The van der Waals surface area contributed by atoms with Gasteiger partial charge in [0.2, 0.25) is 0 Å². The summed E-state index contributed by atoms with van der Waals surface area (Å²) in [5.74, 6) is 0.940. The van der Waals surface area contributed by atoms with Gasteiger partial charge in [-0.25, -0.2) is 4.98 Å². The van der Waals surface area contributed by atoms with Crippen molar-refractivity contribution >= 4 is 22.6 Å². The molecule has 3 heterocycles. The fourth-order valence-corrected chi connectivity index (χ4v) is 3.65. The number of nitrogens with one attached hydrogen (secondary N) is 1. The third-order valence-electron chi connectivity index (χ3n) is 5.40. The Kier molecular flexibility index (Phi) is 4.69. The Labute approximate surface area is 153 Å². The lowest BCUT2D eigenvalue weighted by Gasteiger charge is -2.26. The van der Waals surface area contributed by atoms with Crippen molar-refractivity contribution in [3.05, 3.63) is 24.0 Å². The maximum atomic E-state index is 12.5. The van der Waals surface area contributed by atoms with E-state index in [9.17, 15) is 4.79 Å². The summed E-state index contributed by atoms with van der Waals surface area (Å²) in [5, 5.41) is 2.99. The van der Waals surface area contributed by atoms with E-state index in [1.807, 2.05) is 32.2 Å². The van der Waals surface area contributed by atoms with Crippen molar-refractivity contribution in [1.29, 1.82) is 0 Å². The van der Waals surface area contributed by atoms with Gasteiger partial charge in [0.05, 0.1) is 30.8 Å². The van der Waals surface area contributed by atoms with Crippen molar-refractivity contribution in [3.8, 4) is 0 Å². The zero-order valence-corrected chi connectivity index (χ0v) is 15.5. The lowest BCUT2D eigenvalue weighted by Crippen LogP contribution is -2.39. The van der Waals surface area contributed by atoms with E-state index < -0.39 is 5.60 Å². The maximum absolute atomic E-state index is 12.5. The van der Waals surface area contributed by atoms with Crippen molar-refractivity contribution in [2.24, 2.45) is 7.05 Å². The molecule has 2 aliphatic rings. The summed E-state index contributed by atoms with van der Waals surface area (Å²) in [6.07, 6.45) is 1.68. The van der Waals surface area contributed by atoms with Crippen molar-refractivity contribution in [3.63, 3.8) is 0 Å². The molecule has 2 fully saturated rings. The molecule has 7 nitrogen and oxygen atoms in total. The Balaban J connectivity index is 1.52. The second-order valence-electron chi connectivity index (χ2n) is 7.32. The Morgan fingerprint density at radius 1 is 1.31 bits per heavy atom. The number of anilines is 1. The number of nitrogens with zero attached hydrogens (tertiary/aromatic N) is 3. The average Bonchev–Trinajstić information content (AvgIpc) is 3.21. The first-order chi connectivity index (χ1) is 12.5. The minimum atomic E-state index is -0.722. The number of hydrogen-bond acceptors (Lipinski definition) is 5. The molecule has 4 rings (SSSR count). The van der Waals surface area contributed by atoms with E-state index >= 15 is 0 Å². The number of aromatic nitrogens is 2. The Hall–Kier alpha value is -1.96. The van der Waals surface area contributed by atoms with E-state index in [4.69, 9.17) is 14.5 Å². The van der Waals surface area contributed by atoms with Gasteiger partial charge in [-0.2, -0.15) is 0 Å². The molecule has 2 aromatic rings. The van der Waals surface area contributed by atoms with Gasteiger partial charge in [-0.3, -0.25) is 9.69 Å². The Bertz CT molecular complexity index is 804. The fourth-order valence-electron chi connectivity index (χ4n) is 3.65. The standard InChI is InChI=1S/C19H26N4O3/c1-19(6-3-9-26-19)18(24)20-14-4-5-16-15(12-14)21-17(22(16)2)13-23-7-10-25-11-8-23/h4-5,12H,3,6-11,13H2,1-2H3,(H,20,24)/t19-/m0/s1. The number of imidazole rings is 1. The molecule has 0 radical (unpaired) electrons. The van der Waals surface area contributed by atoms with Gasteiger partial charge < -0.3 is 19.4 Å². The zero-order valence-electron chi connectivity index (χ0n) is 15.5. The molecule has 2 saturated heterocycles. The van der Waals surface area contributed by atoms with Crippen LogP contribution < -0.4 is 5.32 Å². The predicted octanol–water partition coefficient (Wildman–Crippen LogP) is 1.91. The van der Waals surface area contributed by atoms with Crippen LogP contribution in [0.4, 0.5) is 5.69 Å². The smallest absolute Gasteiger partial charge is 0.256 e. The fraction of sp³-hybridized carbons (Fsp3) is 0.579. The van der Waals surface area contributed by atoms with Crippen LogP contribution in [0.1, 0.15) is 25.6 Å². The molecule has 140 valence electrons. The highest BCUT2D eigenvalue weighted by molar-refractivity contribution is 5.98. The van der Waals surface area contributed by atoms with Gasteiger partial charge in [-0.05, 0) is 38.0 Å². The molecule has 0 aliphatic carbocycles. The Morgan fingerprint density at radius 3 is 2.85 bits per heavy atom. The molecular formula is C19H26N4O3. The number of rotatable bonds is 4. The summed E-state index contributed by atoms with van der Waals surface area (Å²) in [7, 11) is 2.04.